The zero-order valence-electron chi connectivity index (χ0n) is 11.5. The van der Waals surface area contributed by atoms with Crippen LogP contribution in [-0.2, 0) is 0 Å². The van der Waals surface area contributed by atoms with Crippen molar-refractivity contribution in [2.24, 2.45) is 0 Å². The molecule has 0 radical (unpaired) electrons. The number of unbranched alkanes of at least 4 members (excludes halogenated alkanes) is 1. The molecule has 19 heavy (non-hydrogen) atoms. The van der Waals surface area contributed by atoms with Gasteiger partial charge in [0.1, 0.15) is 18.0 Å². The van der Waals surface area contributed by atoms with Gasteiger partial charge in [-0.1, -0.05) is 31.5 Å². The molecule has 2 aromatic rings. The second kappa shape index (κ2) is 6.73. The summed E-state index contributed by atoms with van der Waals surface area (Å²) in [5.41, 5.74) is 2.27. The molecule has 2 N–H and O–H groups in total. The van der Waals surface area contributed by atoms with Gasteiger partial charge in [-0.2, -0.15) is 0 Å². The summed E-state index contributed by atoms with van der Waals surface area (Å²) in [4.78, 5) is 8.45. The Kier molecular flexibility index (Phi) is 4.72. The Bertz CT molecular complexity index is 525. The van der Waals surface area contributed by atoms with E-state index in [1.54, 1.807) is 6.33 Å². The van der Waals surface area contributed by atoms with E-state index in [4.69, 9.17) is 0 Å². The highest BCUT2D eigenvalue weighted by Crippen LogP contribution is 2.19. The number of nitrogens with one attached hydrogen (secondary N) is 2. The minimum Gasteiger partial charge on any atom is -0.370 e. The van der Waals surface area contributed by atoms with Gasteiger partial charge in [0.25, 0.3) is 0 Å². The highest BCUT2D eigenvalue weighted by molar-refractivity contribution is 5.61. The molecule has 0 aliphatic heterocycles. The Morgan fingerprint density at radius 3 is 2.68 bits per heavy atom. The number of hydrogen-bond acceptors (Lipinski definition) is 4. The number of hydrogen-bond donors (Lipinski definition) is 2. The van der Waals surface area contributed by atoms with Crippen molar-refractivity contribution >= 4 is 17.3 Å². The lowest BCUT2D eigenvalue weighted by atomic mass is 10.2. The summed E-state index contributed by atoms with van der Waals surface area (Å²) in [5.74, 6) is 1.67. The molecule has 4 nitrogen and oxygen atoms in total. The minimum atomic E-state index is 0.809. The number of aryl methyl sites for hydroxylation is 1. The third kappa shape index (κ3) is 3.95. The number of para-hydroxylation sites is 1. The fourth-order valence-electron chi connectivity index (χ4n) is 1.77. The van der Waals surface area contributed by atoms with E-state index >= 15 is 0 Å². The summed E-state index contributed by atoms with van der Waals surface area (Å²) in [7, 11) is 0. The molecule has 100 valence electrons. The minimum absolute atomic E-state index is 0.809. The Morgan fingerprint density at radius 1 is 1.11 bits per heavy atom. The van der Waals surface area contributed by atoms with E-state index in [1.807, 2.05) is 24.3 Å². The lowest BCUT2D eigenvalue weighted by Gasteiger charge is -2.10. The molecule has 0 amide bonds. The van der Waals surface area contributed by atoms with Crippen LogP contribution in [0.1, 0.15) is 25.3 Å². The van der Waals surface area contributed by atoms with Gasteiger partial charge < -0.3 is 10.6 Å². The number of rotatable bonds is 6. The molecule has 1 aromatic heterocycles. The normalized spacial score (nSPS) is 10.2. The van der Waals surface area contributed by atoms with Gasteiger partial charge in [-0.25, -0.2) is 9.97 Å². The standard InChI is InChI=1S/C15H20N4/c1-3-4-9-16-14-10-15(18-11-17-14)19-13-8-6-5-7-12(13)2/h5-8,10-11H,3-4,9H2,1-2H3,(H2,16,17,18,19). The smallest absolute Gasteiger partial charge is 0.135 e. The molecule has 0 fully saturated rings. The molecule has 0 aliphatic rings. The van der Waals surface area contributed by atoms with Gasteiger partial charge in [0, 0.05) is 18.3 Å². The second-order valence-corrected chi connectivity index (χ2v) is 4.51. The zero-order chi connectivity index (χ0) is 13.5. The van der Waals surface area contributed by atoms with Crippen LogP contribution in [0.15, 0.2) is 36.7 Å². The van der Waals surface area contributed by atoms with E-state index < -0.39 is 0 Å². The average molecular weight is 256 g/mol. The van der Waals surface area contributed by atoms with E-state index in [0.717, 1.165) is 30.3 Å². The third-order valence-electron chi connectivity index (χ3n) is 2.91. The maximum atomic E-state index is 4.24. The fraction of sp³-hybridized carbons (Fsp3) is 0.333. The van der Waals surface area contributed by atoms with Crippen molar-refractivity contribution in [2.75, 3.05) is 17.2 Å². The summed E-state index contributed by atoms with van der Waals surface area (Å²) in [6.45, 7) is 5.19. The van der Waals surface area contributed by atoms with E-state index in [0.29, 0.717) is 0 Å². The predicted molar refractivity (Wildman–Crippen MR) is 79.9 cm³/mol. The van der Waals surface area contributed by atoms with Crippen molar-refractivity contribution in [2.45, 2.75) is 26.7 Å². The van der Waals surface area contributed by atoms with Gasteiger partial charge in [0.15, 0.2) is 0 Å². The first-order valence-electron chi connectivity index (χ1n) is 6.68. The molecule has 1 heterocycles. The Morgan fingerprint density at radius 2 is 1.89 bits per heavy atom. The number of nitrogens with zero attached hydrogens (tertiary/aromatic N) is 2. The van der Waals surface area contributed by atoms with Crippen LogP contribution < -0.4 is 10.6 Å². The maximum Gasteiger partial charge on any atom is 0.135 e. The molecule has 0 atom stereocenters. The van der Waals surface area contributed by atoms with Crippen LogP contribution in [0.25, 0.3) is 0 Å². The summed E-state index contributed by atoms with van der Waals surface area (Å²) >= 11 is 0. The molecule has 2 rings (SSSR count). The van der Waals surface area contributed by atoms with Crippen LogP contribution >= 0.6 is 0 Å². The molecule has 0 aliphatic carbocycles. The molecular weight excluding hydrogens is 236 g/mol. The Balaban J connectivity index is 2.05. The molecule has 0 saturated heterocycles. The highest BCUT2D eigenvalue weighted by Gasteiger charge is 2.01. The number of anilines is 3. The van der Waals surface area contributed by atoms with Crippen molar-refractivity contribution in [3.63, 3.8) is 0 Å². The lowest BCUT2D eigenvalue weighted by Crippen LogP contribution is -2.04. The van der Waals surface area contributed by atoms with Gasteiger partial charge in [0.2, 0.25) is 0 Å². The van der Waals surface area contributed by atoms with Gasteiger partial charge >= 0.3 is 0 Å². The average Bonchev–Trinajstić information content (AvgIpc) is 2.42. The first-order chi connectivity index (χ1) is 9.29. The predicted octanol–water partition coefficient (Wildman–Crippen LogP) is 3.74. The zero-order valence-corrected chi connectivity index (χ0v) is 11.5. The maximum absolute atomic E-state index is 4.24. The SMILES string of the molecule is CCCCNc1cc(Nc2ccccc2C)ncn1. The number of aromatic nitrogens is 2. The molecule has 0 saturated carbocycles. The molecule has 4 heteroatoms. The monoisotopic (exact) mass is 256 g/mol. The third-order valence-corrected chi connectivity index (χ3v) is 2.91. The molecule has 0 unspecified atom stereocenters. The second-order valence-electron chi connectivity index (χ2n) is 4.51. The van der Waals surface area contributed by atoms with Gasteiger partial charge in [-0.05, 0) is 25.0 Å². The first-order valence-corrected chi connectivity index (χ1v) is 6.68. The van der Waals surface area contributed by atoms with Crippen LogP contribution in [0.2, 0.25) is 0 Å². The Labute approximate surface area is 114 Å². The largest absolute Gasteiger partial charge is 0.370 e. The molecular formula is C15H20N4. The van der Waals surface area contributed by atoms with Crippen molar-refractivity contribution in [1.29, 1.82) is 0 Å². The van der Waals surface area contributed by atoms with Crippen molar-refractivity contribution in [3.05, 3.63) is 42.2 Å². The van der Waals surface area contributed by atoms with Crippen molar-refractivity contribution in [3.8, 4) is 0 Å². The van der Waals surface area contributed by atoms with E-state index in [-0.39, 0.29) is 0 Å². The summed E-state index contributed by atoms with van der Waals surface area (Å²) in [6.07, 6.45) is 3.89. The summed E-state index contributed by atoms with van der Waals surface area (Å²) in [6, 6.07) is 10.1. The van der Waals surface area contributed by atoms with Crippen LogP contribution in [0.3, 0.4) is 0 Å². The van der Waals surface area contributed by atoms with Crippen LogP contribution in [0.5, 0.6) is 0 Å². The van der Waals surface area contributed by atoms with Crippen molar-refractivity contribution in [1.82, 2.24) is 9.97 Å². The van der Waals surface area contributed by atoms with Crippen LogP contribution in [0, 0.1) is 6.92 Å². The molecule has 0 bridgehead atoms. The molecule has 0 spiro atoms. The van der Waals surface area contributed by atoms with E-state index in [1.165, 1.54) is 12.0 Å². The Hall–Kier alpha value is -2.10. The van der Waals surface area contributed by atoms with Gasteiger partial charge in [-0.15, -0.1) is 0 Å². The lowest BCUT2D eigenvalue weighted by molar-refractivity contribution is 0.830. The first kappa shape index (κ1) is 13.3. The highest BCUT2D eigenvalue weighted by atomic mass is 15.1. The van der Waals surface area contributed by atoms with Crippen LogP contribution in [0.4, 0.5) is 17.3 Å². The molecule has 1 aromatic carbocycles. The van der Waals surface area contributed by atoms with E-state index in [2.05, 4.69) is 40.5 Å². The summed E-state index contributed by atoms with van der Waals surface area (Å²) in [5, 5.41) is 6.61. The summed E-state index contributed by atoms with van der Waals surface area (Å²) < 4.78 is 0. The van der Waals surface area contributed by atoms with Crippen molar-refractivity contribution < 1.29 is 0 Å². The van der Waals surface area contributed by atoms with Gasteiger partial charge in [-0.3, -0.25) is 0 Å². The van der Waals surface area contributed by atoms with Gasteiger partial charge in [0.05, 0.1) is 0 Å². The van der Waals surface area contributed by atoms with E-state index in [9.17, 15) is 0 Å². The van der Waals surface area contributed by atoms with Crippen LogP contribution in [-0.4, -0.2) is 16.5 Å². The fourth-order valence-corrected chi connectivity index (χ4v) is 1.77. The quantitative estimate of drug-likeness (QED) is 0.773. The number of benzene rings is 1. The topological polar surface area (TPSA) is 49.8 Å².